The summed E-state index contributed by atoms with van der Waals surface area (Å²) < 4.78 is 11.6. The van der Waals surface area contributed by atoms with Crippen molar-refractivity contribution in [2.45, 2.75) is 32.8 Å². The Labute approximate surface area is 159 Å². The molecule has 2 aromatic carbocycles. The summed E-state index contributed by atoms with van der Waals surface area (Å²) in [5, 5.41) is 0. The highest BCUT2D eigenvalue weighted by atomic mass is 16.5. The van der Waals surface area contributed by atoms with Gasteiger partial charge in [-0.25, -0.2) is 0 Å². The molecule has 1 heterocycles. The Balaban J connectivity index is 1.36. The summed E-state index contributed by atoms with van der Waals surface area (Å²) in [7, 11) is 0. The molecule has 3 heteroatoms. The summed E-state index contributed by atoms with van der Waals surface area (Å²) in [6, 6.07) is 17.6. The zero-order valence-corrected chi connectivity index (χ0v) is 15.4. The second-order valence-electron chi connectivity index (χ2n) is 6.94. The monoisotopic (exact) mass is 358 g/mol. The zero-order chi connectivity index (χ0) is 18.6. The number of rotatable bonds is 6. The normalized spacial score (nSPS) is 13.1. The molecular weight excluding hydrogens is 336 g/mol. The highest BCUT2D eigenvalue weighted by Crippen LogP contribution is 2.26. The lowest BCUT2D eigenvalue weighted by molar-refractivity contribution is 0.104. The second kappa shape index (κ2) is 7.67. The Hall–Kier alpha value is -3.07. The number of hydrogen-bond donors (Lipinski definition) is 0. The SMILES string of the molecule is Cc1cccc(C(=O)/C=C/c2ccc(COc3ccc4c(c3)CCC4)o2)c1. The molecule has 3 nitrogen and oxygen atoms in total. The van der Waals surface area contributed by atoms with E-state index in [-0.39, 0.29) is 5.78 Å². The van der Waals surface area contributed by atoms with Gasteiger partial charge in [0.1, 0.15) is 23.9 Å². The highest BCUT2D eigenvalue weighted by molar-refractivity contribution is 6.06. The Morgan fingerprint density at radius 3 is 2.85 bits per heavy atom. The Morgan fingerprint density at radius 2 is 1.96 bits per heavy atom. The molecule has 0 spiro atoms. The molecular formula is C24H22O3. The summed E-state index contributed by atoms with van der Waals surface area (Å²) in [5.74, 6) is 2.21. The average molecular weight is 358 g/mol. The molecule has 1 aromatic heterocycles. The first-order chi connectivity index (χ1) is 13.2. The van der Waals surface area contributed by atoms with Gasteiger partial charge in [-0.3, -0.25) is 4.79 Å². The van der Waals surface area contributed by atoms with Gasteiger partial charge >= 0.3 is 0 Å². The Kier molecular flexibility index (Phi) is 4.93. The molecule has 0 saturated heterocycles. The first-order valence-corrected chi connectivity index (χ1v) is 9.30. The van der Waals surface area contributed by atoms with Crippen molar-refractivity contribution in [3.63, 3.8) is 0 Å². The van der Waals surface area contributed by atoms with Crippen LogP contribution in [0.1, 0.15) is 45.0 Å². The van der Waals surface area contributed by atoms with Crippen LogP contribution in [0, 0.1) is 6.92 Å². The minimum Gasteiger partial charge on any atom is -0.486 e. The highest BCUT2D eigenvalue weighted by Gasteiger charge is 2.11. The minimum atomic E-state index is -0.0361. The Bertz CT molecular complexity index is 994. The van der Waals surface area contributed by atoms with Crippen LogP contribution < -0.4 is 4.74 Å². The van der Waals surface area contributed by atoms with Gasteiger partial charge in [-0.15, -0.1) is 0 Å². The summed E-state index contributed by atoms with van der Waals surface area (Å²) in [5.41, 5.74) is 4.58. The van der Waals surface area contributed by atoms with Crippen LogP contribution in [0.25, 0.3) is 6.08 Å². The van der Waals surface area contributed by atoms with E-state index in [1.807, 2.05) is 49.4 Å². The van der Waals surface area contributed by atoms with E-state index < -0.39 is 0 Å². The lowest BCUT2D eigenvalue weighted by atomic mass is 10.1. The van der Waals surface area contributed by atoms with E-state index in [0.29, 0.717) is 17.9 Å². The predicted octanol–water partition coefficient (Wildman–Crippen LogP) is 5.55. The van der Waals surface area contributed by atoms with Crippen LogP contribution in [-0.4, -0.2) is 5.78 Å². The van der Waals surface area contributed by atoms with E-state index >= 15 is 0 Å². The molecule has 4 rings (SSSR count). The molecule has 1 aliphatic carbocycles. The van der Waals surface area contributed by atoms with Gasteiger partial charge in [0.25, 0.3) is 0 Å². The van der Waals surface area contributed by atoms with Crippen LogP contribution in [0.3, 0.4) is 0 Å². The number of ether oxygens (including phenoxy) is 1. The van der Waals surface area contributed by atoms with E-state index in [1.165, 1.54) is 24.0 Å². The molecule has 0 aliphatic heterocycles. The van der Waals surface area contributed by atoms with E-state index in [0.717, 1.165) is 23.5 Å². The van der Waals surface area contributed by atoms with Gasteiger partial charge in [-0.05, 0) is 79.8 Å². The van der Waals surface area contributed by atoms with Gasteiger partial charge in [0, 0.05) is 5.56 Å². The quantitative estimate of drug-likeness (QED) is 0.428. The third-order valence-corrected chi connectivity index (χ3v) is 4.84. The third-order valence-electron chi connectivity index (χ3n) is 4.84. The Morgan fingerprint density at radius 1 is 1.07 bits per heavy atom. The molecule has 0 unspecified atom stereocenters. The van der Waals surface area contributed by atoms with Gasteiger partial charge < -0.3 is 9.15 Å². The number of fused-ring (bicyclic) bond motifs is 1. The number of carbonyl (C=O) groups excluding carboxylic acids is 1. The molecule has 136 valence electrons. The van der Waals surface area contributed by atoms with Crippen molar-refractivity contribution in [2.75, 3.05) is 0 Å². The van der Waals surface area contributed by atoms with Crippen LogP contribution in [0.2, 0.25) is 0 Å². The second-order valence-corrected chi connectivity index (χ2v) is 6.94. The average Bonchev–Trinajstić information content (AvgIpc) is 3.33. The number of allylic oxidation sites excluding steroid dienone is 1. The molecule has 0 bridgehead atoms. The fraction of sp³-hybridized carbons (Fsp3) is 0.208. The number of ketones is 1. The van der Waals surface area contributed by atoms with Gasteiger partial charge in [0.15, 0.2) is 5.78 Å². The zero-order valence-electron chi connectivity index (χ0n) is 15.4. The lowest BCUT2D eigenvalue weighted by Crippen LogP contribution is -1.95. The molecule has 0 atom stereocenters. The van der Waals surface area contributed by atoms with E-state index in [9.17, 15) is 4.79 Å². The third kappa shape index (κ3) is 4.20. The first-order valence-electron chi connectivity index (χ1n) is 9.30. The van der Waals surface area contributed by atoms with Crippen LogP contribution in [0.5, 0.6) is 5.75 Å². The summed E-state index contributed by atoms with van der Waals surface area (Å²) in [4.78, 5) is 12.2. The molecule has 3 aromatic rings. The number of carbonyl (C=O) groups is 1. The van der Waals surface area contributed by atoms with Crippen LogP contribution in [0.15, 0.2) is 65.1 Å². The molecule has 0 N–H and O–H groups in total. The molecule has 0 fully saturated rings. The van der Waals surface area contributed by atoms with Gasteiger partial charge in [-0.1, -0.05) is 29.8 Å². The van der Waals surface area contributed by atoms with E-state index in [4.69, 9.17) is 9.15 Å². The van der Waals surface area contributed by atoms with Crippen molar-refractivity contribution in [2.24, 2.45) is 0 Å². The van der Waals surface area contributed by atoms with Crippen molar-refractivity contribution < 1.29 is 13.9 Å². The summed E-state index contributed by atoms with van der Waals surface area (Å²) >= 11 is 0. The molecule has 0 saturated carbocycles. The number of hydrogen-bond acceptors (Lipinski definition) is 3. The van der Waals surface area contributed by atoms with E-state index in [2.05, 4.69) is 12.1 Å². The number of aryl methyl sites for hydroxylation is 3. The van der Waals surface area contributed by atoms with Crippen molar-refractivity contribution in [1.29, 1.82) is 0 Å². The van der Waals surface area contributed by atoms with Crippen molar-refractivity contribution in [1.82, 2.24) is 0 Å². The maximum atomic E-state index is 12.2. The maximum absolute atomic E-state index is 12.2. The fourth-order valence-corrected chi connectivity index (χ4v) is 3.41. The largest absolute Gasteiger partial charge is 0.486 e. The molecule has 0 radical (unpaired) electrons. The first kappa shape index (κ1) is 17.3. The van der Waals surface area contributed by atoms with Crippen LogP contribution in [0.4, 0.5) is 0 Å². The predicted molar refractivity (Wildman–Crippen MR) is 106 cm³/mol. The lowest BCUT2D eigenvalue weighted by Gasteiger charge is -2.06. The summed E-state index contributed by atoms with van der Waals surface area (Å²) in [6.45, 7) is 2.35. The van der Waals surface area contributed by atoms with Crippen molar-refractivity contribution in [3.8, 4) is 5.75 Å². The van der Waals surface area contributed by atoms with Crippen molar-refractivity contribution in [3.05, 3.63) is 94.4 Å². The van der Waals surface area contributed by atoms with Crippen LogP contribution in [-0.2, 0) is 19.4 Å². The van der Waals surface area contributed by atoms with Gasteiger partial charge in [0.2, 0.25) is 0 Å². The smallest absolute Gasteiger partial charge is 0.185 e. The number of furan rings is 1. The maximum Gasteiger partial charge on any atom is 0.185 e. The topological polar surface area (TPSA) is 39.4 Å². The number of benzene rings is 2. The van der Waals surface area contributed by atoms with Crippen LogP contribution >= 0.6 is 0 Å². The minimum absolute atomic E-state index is 0.0361. The fourth-order valence-electron chi connectivity index (χ4n) is 3.41. The summed E-state index contributed by atoms with van der Waals surface area (Å²) in [6.07, 6.45) is 6.78. The molecule has 0 amide bonds. The molecule has 27 heavy (non-hydrogen) atoms. The van der Waals surface area contributed by atoms with Crippen molar-refractivity contribution >= 4 is 11.9 Å². The molecule has 1 aliphatic rings. The van der Waals surface area contributed by atoms with Gasteiger partial charge in [-0.2, -0.15) is 0 Å². The standard InChI is InChI=1S/C24H22O3/c1-17-4-2-7-20(14-17)24(25)13-12-21-10-11-23(27-21)16-26-22-9-8-18-5-3-6-19(18)15-22/h2,4,7-15H,3,5-6,16H2,1H3/b13-12+. The van der Waals surface area contributed by atoms with Gasteiger partial charge in [0.05, 0.1) is 0 Å². The van der Waals surface area contributed by atoms with E-state index in [1.54, 1.807) is 12.2 Å².